The van der Waals surface area contributed by atoms with E-state index < -0.39 is 23.8 Å². The first-order valence-electron chi connectivity index (χ1n) is 5.60. The SMILES string of the molecule is CC(C)[C@H]1COC(=O)N1C(=O)C(=O)c1ccco1. The first-order chi connectivity index (χ1) is 8.52. The molecule has 1 aromatic heterocycles. The monoisotopic (exact) mass is 251 g/mol. The largest absolute Gasteiger partial charge is 0.461 e. The summed E-state index contributed by atoms with van der Waals surface area (Å²) in [7, 11) is 0. The van der Waals surface area contributed by atoms with Crippen LogP contribution in [0.2, 0.25) is 0 Å². The van der Waals surface area contributed by atoms with Crippen molar-refractivity contribution in [2.45, 2.75) is 19.9 Å². The van der Waals surface area contributed by atoms with Crippen LogP contribution in [0.25, 0.3) is 0 Å². The molecule has 0 aromatic carbocycles. The summed E-state index contributed by atoms with van der Waals surface area (Å²) in [5.41, 5.74) is 0. The van der Waals surface area contributed by atoms with E-state index in [1.807, 2.05) is 13.8 Å². The number of nitrogens with zero attached hydrogens (tertiary/aromatic N) is 1. The molecule has 0 aliphatic carbocycles. The van der Waals surface area contributed by atoms with E-state index in [2.05, 4.69) is 0 Å². The molecule has 1 aliphatic heterocycles. The van der Waals surface area contributed by atoms with Crippen molar-refractivity contribution >= 4 is 17.8 Å². The number of Topliss-reactive ketones (excluding diaryl/α,β-unsaturated/α-hetero) is 1. The molecule has 1 fully saturated rings. The maximum Gasteiger partial charge on any atom is 0.417 e. The Hall–Kier alpha value is -2.11. The predicted octanol–water partition coefficient (Wildman–Crippen LogP) is 1.47. The smallest absolute Gasteiger partial charge is 0.417 e. The van der Waals surface area contributed by atoms with Crippen molar-refractivity contribution in [1.29, 1.82) is 0 Å². The Kier molecular flexibility index (Phi) is 3.18. The number of hydrogen-bond donors (Lipinski definition) is 0. The fourth-order valence-corrected chi connectivity index (χ4v) is 1.78. The van der Waals surface area contributed by atoms with Gasteiger partial charge in [0.05, 0.1) is 12.3 Å². The number of rotatable bonds is 3. The van der Waals surface area contributed by atoms with Gasteiger partial charge in [-0.15, -0.1) is 0 Å². The van der Waals surface area contributed by atoms with E-state index in [0.717, 1.165) is 4.90 Å². The number of cyclic esters (lactones) is 1. The molecule has 18 heavy (non-hydrogen) atoms. The average molecular weight is 251 g/mol. The summed E-state index contributed by atoms with van der Waals surface area (Å²) >= 11 is 0. The second-order valence-corrected chi connectivity index (χ2v) is 4.37. The van der Waals surface area contributed by atoms with Crippen LogP contribution in [0.1, 0.15) is 24.4 Å². The van der Waals surface area contributed by atoms with Crippen LogP contribution in [0.15, 0.2) is 22.8 Å². The van der Waals surface area contributed by atoms with Gasteiger partial charge in [0, 0.05) is 0 Å². The van der Waals surface area contributed by atoms with Crippen molar-refractivity contribution in [2.24, 2.45) is 5.92 Å². The summed E-state index contributed by atoms with van der Waals surface area (Å²) in [5.74, 6) is -1.82. The van der Waals surface area contributed by atoms with Gasteiger partial charge in [-0.05, 0) is 18.1 Å². The van der Waals surface area contributed by atoms with Crippen LogP contribution in [-0.4, -0.2) is 35.3 Å². The Balaban J connectivity index is 2.22. The summed E-state index contributed by atoms with van der Waals surface area (Å²) in [6.07, 6.45) is 0.515. The summed E-state index contributed by atoms with van der Waals surface area (Å²) in [4.78, 5) is 36.2. The number of carbonyl (C=O) groups is 3. The molecular weight excluding hydrogens is 238 g/mol. The van der Waals surface area contributed by atoms with Crippen LogP contribution in [-0.2, 0) is 9.53 Å². The van der Waals surface area contributed by atoms with E-state index in [9.17, 15) is 14.4 Å². The van der Waals surface area contributed by atoms with Gasteiger partial charge < -0.3 is 9.15 Å². The molecule has 0 unspecified atom stereocenters. The Morgan fingerprint density at radius 3 is 2.72 bits per heavy atom. The van der Waals surface area contributed by atoms with Crippen LogP contribution >= 0.6 is 0 Å². The topological polar surface area (TPSA) is 76.8 Å². The molecule has 1 aliphatic rings. The summed E-state index contributed by atoms with van der Waals surface area (Å²) in [5, 5.41) is 0. The van der Waals surface area contributed by atoms with Crippen LogP contribution in [0.3, 0.4) is 0 Å². The molecule has 0 radical (unpaired) electrons. The number of furan rings is 1. The van der Waals surface area contributed by atoms with Gasteiger partial charge in [-0.1, -0.05) is 13.8 Å². The molecule has 1 aromatic rings. The van der Waals surface area contributed by atoms with E-state index in [1.54, 1.807) is 0 Å². The van der Waals surface area contributed by atoms with Crippen LogP contribution in [0.5, 0.6) is 0 Å². The zero-order chi connectivity index (χ0) is 13.3. The molecule has 0 bridgehead atoms. The van der Waals surface area contributed by atoms with Crippen molar-refractivity contribution in [3.8, 4) is 0 Å². The Morgan fingerprint density at radius 2 is 2.17 bits per heavy atom. The molecular formula is C12H13NO5. The number of carbonyl (C=O) groups excluding carboxylic acids is 3. The Bertz CT molecular complexity index is 477. The first kappa shape index (κ1) is 12.3. The quantitative estimate of drug-likeness (QED) is 0.600. The second-order valence-electron chi connectivity index (χ2n) is 4.37. The minimum Gasteiger partial charge on any atom is -0.461 e. The Morgan fingerprint density at radius 1 is 1.44 bits per heavy atom. The number of ether oxygens (including phenoxy) is 1. The molecule has 6 nitrogen and oxygen atoms in total. The lowest BCUT2D eigenvalue weighted by Gasteiger charge is -2.21. The zero-order valence-corrected chi connectivity index (χ0v) is 10.1. The molecule has 1 saturated heterocycles. The highest BCUT2D eigenvalue weighted by Gasteiger charge is 2.42. The fourth-order valence-electron chi connectivity index (χ4n) is 1.78. The fraction of sp³-hybridized carbons (Fsp3) is 0.417. The average Bonchev–Trinajstić information content (AvgIpc) is 2.95. The van der Waals surface area contributed by atoms with E-state index in [0.29, 0.717) is 0 Å². The lowest BCUT2D eigenvalue weighted by atomic mass is 10.0. The first-order valence-corrected chi connectivity index (χ1v) is 5.60. The number of ketones is 1. The van der Waals surface area contributed by atoms with Crippen molar-refractivity contribution in [3.05, 3.63) is 24.2 Å². The highest BCUT2D eigenvalue weighted by molar-refractivity contribution is 6.43. The predicted molar refractivity (Wildman–Crippen MR) is 59.9 cm³/mol. The van der Waals surface area contributed by atoms with Gasteiger partial charge in [0.2, 0.25) is 0 Å². The number of hydrogen-bond acceptors (Lipinski definition) is 5. The summed E-state index contributed by atoms with van der Waals surface area (Å²) in [6.45, 7) is 3.82. The third-order valence-corrected chi connectivity index (χ3v) is 2.83. The highest BCUT2D eigenvalue weighted by atomic mass is 16.6. The second kappa shape index (κ2) is 4.64. The third-order valence-electron chi connectivity index (χ3n) is 2.83. The summed E-state index contributed by atoms with van der Waals surface area (Å²) in [6, 6.07) is 2.47. The van der Waals surface area contributed by atoms with Crippen molar-refractivity contribution in [3.63, 3.8) is 0 Å². The van der Waals surface area contributed by atoms with Gasteiger partial charge in [-0.3, -0.25) is 9.59 Å². The molecule has 0 spiro atoms. The number of amides is 2. The van der Waals surface area contributed by atoms with Gasteiger partial charge in [-0.2, -0.15) is 0 Å². The third kappa shape index (κ3) is 2.01. The van der Waals surface area contributed by atoms with Gasteiger partial charge >= 0.3 is 12.0 Å². The molecule has 1 atom stereocenters. The molecule has 6 heteroatoms. The van der Waals surface area contributed by atoms with Gasteiger partial charge in [0.25, 0.3) is 5.78 Å². The zero-order valence-electron chi connectivity index (χ0n) is 10.1. The molecule has 0 saturated carbocycles. The van der Waals surface area contributed by atoms with Crippen LogP contribution < -0.4 is 0 Å². The lowest BCUT2D eigenvalue weighted by molar-refractivity contribution is -0.125. The standard InChI is InChI=1S/C12H13NO5/c1-7(2)8-6-18-12(16)13(8)11(15)10(14)9-4-3-5-17-9/h3-5,7-8H,6H2,1-2H3/t8-/m1/s1. The minimum absolute atomic E-state index is 0.0183. The van der Waals surface area contributed by atoms with Gasteiger partial charge in [0.1, 0.15) is 6.61 Å². The molecule has 2 heterocycles. The van der Waals surface area contributed by atoms with Crippen LogP contribution in [0.4, 0.5) is 4.79 Å². The summed E-state index contributed by atoms with van der Waals surface area (Å²) < 4.78 is 9.67. The van der Waals surface area contributed by atoms with E-state index in [1.165, 1.54) is 18.4 Å². The van der Waals surface area contributed by atoms with Crippen LogP contribution in [0, 0.1) is 5.92 Å². The van der Waals surface area contributed by atoms with Gasteiger partial charge in [0.15, 0.2) is 5.76 Å². The number of imide groups is 1. The Labute approximate surface area is 103 Å². The van der Waals surface area contributed by atoms with Crippen molar-refractivity contribution < 1.29 is 23.5 Å². The van der Waals surface area contributed by atoms with E-state index in [4.69, 9.17) is 9.15 Å². The van der Waals surface area contributed by atoms with Crippen molar-refractivity contribution in [1.82, 2.24) is 4.90 Å². The molecule has 96 valence electrons. The lowest BCUT2D eigenvalue weighted by Crippen LogP contribution is -2.45. The maximum absolute atomic E-state index is 12.0. The molecule has 2 amide bonds. The minimum atomic E-state index is -0.911. The van der Waals surface area contributed by atoms with Crippen molar-refractivity contribution in [2.75, 3.05) is 6.61 Å². The molecule has 0 N–H and O–H groups in total. The normalized spacial score (nSPS) is 19.2. The highest BCUT2D eigenvalue weighted by Crippen LogP contribution is 2.20. The maximum atomic E-state index is 12.0. The molecule has 2 rings (SSSR count). The van der Waals surface area contributed by atoms with Gasteiger partial charge in [-0.25, -0.2) is 9.69 Å². The van der Waals surface area contributed by atoms with E-state index >= 15 is 0 Å². The van der Waals surface area contributed by atoms with E-state index in [-0.39, 0.29) is 18.3 Å².